The van der Waals surface area contributed by atoms with Crippen molar-refractivity contribution in [2.75, 3.05) is 6.61 Å². The van der Waals surface area contributed by atoms with Crippen molar-refractivity contribution >= 4 is 11.8 Å². The maximum Gasteiger partial charge on any atom is 0.454 e. The van der Waals surface area contributed by atoms with Crippen LogP contribution in [0.15, 0.2) is 12.3 Å². The molecule has 0 radical (unpaired) electrons. The highest BCUT2D eigenvalue weighted by molar-refractivity contribution is 6.02. The maximum atomic E-state index is 12.0. The number of carbonyl (C=O) groups excluding carboxylic acids is 2. The van der Waals surface area contributed by atoms with E-state index in [1.807, 2.05) is 0 Å². The van der Waals surface area contributed by atoms with Crippen LogP contribution in [-0.2, 0) is 4.74 Å². The van der Waals surface area contributed by atoms with Gasteiger partial charge < -0.3 is 9.72 Å². The molecule has 4 nitrogen and oxygen atoms in total. The quantitative estimate of drug-likeness (QED) is 0.643. The Morgan fingerprint density at radius 3 is 2.56 bits per heavy atom. The van der Waals surface area contributed by atoms with Gasteiger partial charge >= 0.3 is 12.1 Å². The molecule has 1 N–H and O–H groups in total. The Hall–Kier alpha value is -1.79. The van der Waals surface area contributed by atoms with Crippen LogP contribution in [0.25, 0.3) is 0 Å². The fourth-order valence-corrected chi connectivity index (χ4v) is 1.02. The zero-order valence-electron chi connectivity index (χ0n) is 8.22. The second-order valence-corrected chi connectivity index (χ2v) is 2.85. The van der Waals surface area contributed by atoms with Crippen LogP contribution in [0.5, 0.6) is 0 Å². The number of ether oxygens (including phenoxy) is 1. The molecule has 16 heavy (non-hydrogen) atoms. The van der Waals surface area contributed by atoms with E-state index < -0.39 is 23.5 Å². The predicted molar refractivity (Wildman–Crippen MR) is 47.1 cm³/mol. The molecule has 0 amide bonds. The van der Waals surface area contributed by atoms with Gasteiger partial charge in [-0.25, -0.2) is 4.79 Å². The molecular weight excluding hydrogens is 227 g/mol. The number of hydrogen-bond acceptors (Lipinski definition) is 3. The lowest BCUT2D eigenvalue weighted by molar-refractivity contribution is -0.0885. The summed E-state index contributed by atoms with van der Waals surface area (Å²) in [5.74, 6) is -2.80. The van der Waals surface area contributed by atoms with Crippen molar-refractivity contribution in [1.82, 2.24) is 4.98 Å². The summed E-state index contributed by atoms with van der Waals surface area (Å²) in [5, 5.41) is 0. The average Bonchev–Trinajstić information content (AvgIpc) is 2.64. The van der Waals surface area contributed by atoms with Crippen LogP contribution >= 0.6 is 0 Å². The van der Waals surface area contributed by atoms with E-state index in [4.69, 9.17) is 0 Å². The molecule has 0 spiro atoms. The highest BCUT2D eigenvalue weighted by Crippen LogP contribution is 2.21. The fourth-order valence-electron chi connectivity index (χ4n) is 1.02. The van der Waals surface area contributed by atoms with Crippen molar-refractivity contribution in [2.24, 2.45) is 0 Å². The van der Waals surface area contributed by atoms with Gasteiger partial charge in [-0.2, -0.15) is 13.2 Å². The molecule has 0 atom stereocenters. The van der Waals surface area contributed by atoms with Gasteiger partial charge in [0.1, 0.15) is 5.69 Å². The summed E-state index contributed by atoms with van der Waals surface area (Å²) < 4.78 is 40.6. The fraction of sp³-hybridized carbons (Fsp3) is 0.333. The van der Waals surface area contributed by atoms with Crippen LogP contribution in [0.1, 0.15) is 27.8 Å². The molecule has 1 rings (SSSR count). The van der Waals surface area contributed by atoms with Crippen molar-refractivity contribution in [3.05, 3.63) is 23.5 Å². The van der Waals surface area contributed by atoms with Gasteiger partial charge in [0.25, 0.3) is 5.78 Å². The third kappa shape index (κ3) is 2.62. The molecule has 88 valence electrons. The lowest BCUT2D eigenvalue weighted by Crippen LogP contribution is -2.22. The van der Waals surface area contributed by atoms with E-state index in [0.717, 1.165) is 12.3 Å². The molecule has 1 heterocycles. The predicted octanol–water partition coefficient (Wildman–Crippen LogP) is 1.94. The zero-order valence-corrected chi connectivity index (χ0v) is 8.22. The number of halogens is 3. The average molecular weight is 235 g/mol. The molecule has 1 aromatic rings. The molecule has 0 fully saturated rings. The zero-order chi connectivity index (χ0) is 12.3. The van der Waals surface area contributed by atoms with Gasteiger partial charge in [0.15, 0.2) is 0 Å². The van der Waals surface area contributed by atoms with Gasteiger partial charge in [0.05, 0.1) is 6.61 Å². The number of ketones is 1. The van der Waals surface area contributed by atoms with E-state index in [-0.39, 0.29) is 12.3 Å². The monoisotopic (exact) mass is 235 g/mol. The molecule has 0 unspecified atom stereocenters. The highest BCUT2D eigenvalue weighted by atomic mass is 19.4. The number of esters is 1. The summed E-state index contributed by atoms with van der Waals surface area (Å²) in [6.45, 7) is 1.66. The number of H-pyrrole nitrogens is 1. The van der Waals surface area contributed by atoms with Crippen LogP contribution in [0.4, 0.5) is 13.2 Å². The van der Waals surface area contributed by atoms with E-state index in [0.29, 0.717) is 0 Å². The Morgan fingerprint density at radius 1 is 1.44 bits per heavy atom. The summed E-state index contributed by atoms with van der Waals surface area (Å²) in [7, 11) is 0. The van der Waals surface area contributed by atoms with Crippen LogP contribution in [-0.4, -0.2) is 29.5 Å². The smallest absolute Gasteiger partial charge is 0.454 e. The molecule has 1 aromatic heterocycles. The van der Waals surface area contributed by atoms with Gasteiger partial charge in [-0.15, -0.1) is 0 Å². The largest absolute Gasteiger partial charge is 0.461 e. The third-order valence-corrected chi connectivity index (χ3v) is 1.70. The van der Waals surface area contributed by atoms with Crippen LogP contribution < -0.4 is 0 Å². The summed E-state index contributed by atoms with van der Waals surface area (Å²) in [6, 6.07) is 0.813. The number of carbonyl (C=O) groups is 2. The summed E-state index contributed by atoms with van der Waals surface area (Å²) in [5.41, 5.74) is -0.801. The van der Waals surface area contributed by atoms with Crippen LogP contribution in [0.3, 0.4) is 0 Å². The normalized spacial score (nSPS) is 11.2. The van der Waals surface area contributed by atoms with Gasteiger partial charge in [0.2, 0.25) is 0 Å². The van der Waals surface area contributed by atoms with Crippen LogP contribution in [0.2, 0.25) is 0 Å². The summed E-state index contributed by atoms with van der Waals surface area (Å²) >= 11 is 0. The number of aromatic nitrogens is 1. The number of Topliss-reactive ketones (excluding diaryl/α,β-unsaturated/α-hetero) is 1. The standard InChI is InChI=1S/C9H8F3NO3/c1-2-16-8(15)6-3-5(4-13-6)7(14)9(10,11)12/h3-4,13H,2H2,1H3. The minimum absolute atomic E-state index is 0.0976. The first-order chi connectivity index (χ1) is 7.36. The number of hydrogen-bond donors (Lipinski definition) is 1. The molecular formula is C9H8F3NO3. The minimum Gasteiger partial charge on any atom is -0.461 e. The van der Waals surface area contributed by atoms with E-state index in [2.05, 4.69) is 9.72 Å². The Bertz CT molecular complexity index is 408. The summed E-state index contributed by atoms with van der Waals surface area (Å²) in [6.07, 6.45) is -4.13. The number of nitrogens with one attached hydrogen (secondary N) is 1. The SMILES string of the molecule is CCOC(=O)c1cc(C(=O)C(F)(F)F)c[nH]1. The second-order valence-electron chi connectivity index (χ2n) is 2.85. The molecule has 0 aromatic carbocycles. The Morgan fingerprint density at radius 2 is 2.06 bits per heavy atom. The number of alkyl halides is 3. The van der Waals surface area contributed by atoms with Crippen molar-refractivity contribution < 1.29 is 27.5 Å². The third-order valence-electron chi connectivity index (χ3n) is 1.70. The molecule has 0 saturated heterocycles. The topological polar surface area (TPSA) is 59.2 Å². The molecule has 0 aliphatic carbocycles. The Kier molecular flexibility index (Phi) is 3.36. The molecule has 0 saturated carbocycles. The Balaban J connectivity index is 2.87. The number of aromatic amines is 1. The highest BCUT2D eigenvalue weighted by Gasteiger charge is 2.39. The first-order valence-electron chi connectivity index (χ1n) is 4.33. The van der Waals surface area contributed by atoms with Gasteiger partial charge in [0, 0.05) is 11.8 Å². The van der Waals surface area contributed by atoms with Crippen molar-refractivity contribution in [3.8, 4) is 0 Å². The van der Waals surface area contributed by atoms with Crippen molar-refractivity contribution in [2.45, 2.75) is 13.1 Å². The second kappa shape index (κ2) is 4.38. The van der Waals surface area contributed by atoms with Crippen molar-refractivity contribution in [1.29, 1.82) is 0 Å². The summed E-state index contributed by atoms with van der Waals surface area (Å²) in [4.78, 5) is 24.1. The van der Waals surface area contributed by atoms with E-state index in [1.54, 1.807) is 6.92 Å². The first kappa shape index (κ1) is 12.3. The lowest BCUT2D eigenvalue weighted by atomic mass is 10.2. The molecule has 0 aliphatic rings. The number of rotatable bonds is 3. The first-order valence-corrected chi connectivity index (χ1v) is 4.33. The van der Waals surface area contributed by atoms with E-state index in [9.17, 15) is 22.8 Å². The van der Waals surface area contributed by atoms with E-state index >= 15 is 0 Å². The van der Waals surface area contributed by atoms with Gasteiger partial charge in [-0.3, -0.25) is 4.79 Å². The van der Waals surface area contributed by atoms with Crippen LogP contribution in [0, 0.1) is 0 Å². The molecule has 7 heteroatoms. The Labute approximate surface area is 88.4 Å². The molecule has 0 aliphatic heterocycles. The lowest BCUT2D eigenvalue weighted by Gasteiger charge is -2.01. The molecule has 0 bridgehead atoms. The maximum absolute atomic E-state index is 12.0. The van der Waals surface area contributed by atoms with E-state index in [1.165, 1.54) is 0 Å². The minimum atomic E-state index is -4.95. The van der Waals surface area contributed by atoms with Gasteiger partial charge in [-0.05, 0) is 13.0 Å². The van der Waals surface area contributed by atoms with Gasteiger partial charge in [-0.1, -0.05) is 0 Å². The van der Waals surface area contributed by atoms with Crippen molar-refractivity contribution in [3.63, 3.8) is 0 Å².